The molecule has 2 N–H and O–H groups in total. The Kier molecular flexibility index (Phi) is 5.66. The van der Waals surface area contributed by atoms with Crippen molar-refractivity contribution in [2.45, 2.75) is 19.1 Å². The van der Waals surface area contributed by atoms with Gasteiger partial charge in [0.15, 0.2) is 0 Å². The van der Waals surface area contributed by atoms with Crippen LogP contribution in [0.25, 0.3) is 0 Å². The van der Waals surface area contributed by atoms with Gasteiger partial charge in [0.05, 0.1) is 26.0 Å². The van der Waals surface area contributed by atoms with E-state index in [1.807, 2.05) is 30.3 Å². The topological polar surface area (TPSA) is 84.1 Å². The largest absolute Gasteiger partial charge is 0.374 e. The minimum atomic E-state index is -0.649. The highest BCUT2D eigenvalue weighted by Gasteiger charge is 2.12. The van der Waals surface area contributed by atoms with Crippen LogP contribution in [0.3, 0.4) is 0 Å². The quantitative estimate of drug-likeness (QED) is 0.705. The molecule has 0 aliphatic carbocycles. The highest BCUT2D eigenvalue weighted by atomic mass is 16.5. The average molecular weight is 287 g/mol. The van der Waals surface area contributed by atoms with Gasteiger partial charge in [-0.05, 0) is 5.56 Å². The second kappa shape index (κ2) is 7.96. The molecule has 0 spiro atoms. The third kappa shape index (κ3) is 5.19. The van der Waals surface area contributed by atoms with Crippen molar-refractivity contribution in [1.82, 2.24) is 15.3 Å². The summed E-state index contributed by atoms with van der Waals surface area (Å²) in [5.41, 5.74) is 1.72. The van der Waals surface area contributed by atoms with Gasteiger partial charge in [0.25, 0.3) is 0 Å². The molecule has 1 aromatic carbocycles. The fraction of sp³-hybridized carbons (Fsp3) is 0.267. The van der Waals surface area contributed by atoms with E-state index >= 15 is 0 Å². The van der Waals surface area contributed by atoms with Gasteiger partial charge in [0.2, 0.25) is 5.91 Å². The van der Waals surface area contributed by atoms with Gasteiger partial charge in [-0.25, -0.2) is 4.98 Å². The van der Waals surface area contributed by atoms with Crippen molar-refractivity contribution >= 4 is 12.2 Å². The van der Waals surface area contributed by atoms with Crippen molar-refractivity contribution < 1.29 is 14.3 Å². The van der Waals surface area contributed by atoms with E-state index in [0.29, 0.717) is 18.6 Å². The zero-order valence-corrected chi connectivity index (χ0v) is 11.5. The highest BCUT2D eigenvalue weighted by Crippen LogP contribution is 2.01. The molecule has 1 atom stereocenters. The van der Waals surface area contributed by atoms with Gasteiger partial charge < -0.3 is 19.8 Å². The van der Waals surface area contributed by atoms with Crippen molar-refractivity contribution in [1.29, 1.82) is 0 Å². The zero-order chi connectivity index (χ0) is 14.9. The number of H-pyrrole nitrogens is 1. The van der Waals surface area contributed by atoms with E-state index < -0.39 is 6.04 Å². The Balaban J connectivity index is 1.72. The average Bonchev–Trinajstić information content (AvgIpc) is 3.00. The van der Waals surface area contributed by atoms with Crippen molar-refractivity contribution in [2.24, 2.45) is 0 Å². The molecule has 0 radical (unpaired) electrons. The number of ether oxygens (including phenoxy) is 1. The number of nitrogens with one attached hydrogen (secondary N) is 2. The Labute approximate surface area is 122 Å². The predicted molar refractivity (Wildman–Crippen MR) is 76.4 cm³/mol. The Bertz CT molecular complexity index is 555. The first-order valence-electron chi connectivity index (χ1n) is 6.61. The van der Waals surface area contributed by atoms with E-state index in [0.717, 1.165) is 5.56 Å². The summed E-state index contributed by atoms with van der Waals surface area (Å²) in [6.45, 7) is 0.550. The van der Waals surface area contributed by atoms with Crippen LogP contribution in [0.1, 0.15) is 11.3 Å². The standard InChI is InChI=1S/C15H17N3O3/c19-8-14(10-21-9-12-4-2-1-3-5-12)18-15(20)6-13-7-16-11-17-13/h1-5,7-8,11,14H,6,9-10H2,(H,16,17)(H,18,20). The predicted octanol–water partition coefficient (Wildman–Crippen LogP) is 0.853. The molecule has 0 saturated heterocycles. The first-order valence-corrected chi connectivity index (χ1v) is 6.61. The minimum absolute atomic E-state index is 0.146. The molecule has 0 fully saturated rings. The van der Waals surface area contributed by atoms with Crippen molar-refractivity contribution in [2.75, 3.05) is 6.61 Å². The van der Waals surface area contributed by atoms with Crippen LogP contribution < -0.4 is 5.32 Å². The number of aromatic nitrogens is 2. The van der Waals surface area contributed by atoms with Crippen molar-refractivity contribution in [3.05, 3.63) is 54.1 Å². The maximum atomic E-state index is 11.7. The maximum Gasteiger partial charge on any atom is 0.226 e. The lowest BCUT2D eigenvalue weighted by Crippen LogP contribution is -2.40. The number of carbonyl (C=O) groups excluding carboxylic acids is 2. The molecule has 21 heavy (non-hydrogen) atoms. The number of nitrogens with zero attached hydrogens (tertiary/aromatic N) is 1. The smallest absolute Gasteiger partial charge is 0.226 e. The zero-order valence-electron chi connectivity index (χ0n) is 11.5. The lowest BCUT2D eigenvalue weighted by Gasteiger charge is -2.13. The molecular weight excluding hydrogens is 270 g/mol. The van der Waals surface area contributed by atoms with Gasteiger partial charge >= 0.3 is 0 Å². The molecule has 0 aliphatic rings. The Morgan fingerprint density at radius 1 is 1.38 bits per heavy atom. The number of amides is 1. The Morgan fingerprint density at radius 3 is 2.86 bits per heavy atom. The summed E-state index contributed by atoms with van der Waals surface area (Å²) in [6.07, 6.45) is 3.91. The normalized spacial score (nSPS) is 11.8. The van der Waals surface area contributed by atoms with Crippen LogP contribution >= 0.6 is 0 Å². The van der Waals surface area contributed by atoms with Gasteiger partial charge in [-0.2, -0.15) is 0 Å². The van der Waals surface area contributed by atoms with Crippen LogP contribution in [-0.2, 0) is 27.4 Å². The fourth-order valence-electron chi connectivity index (χ4n) is 1.81. The number of carbonyl (C=O) groups is 2. The van der Waals surface area contributed by atoms with Crippen LogP contribution in [0.2, 0.25) is 0 Å². The second-order valence-electron chi connectivity index (χ2n) is 4.56. The molecule has 1 aromatic heterocycles. The third-order valence-corrected chi connectivity index (χ3v) is 2.83. The summed E-state index contributed by atoms with van der Waals surface area (Å²) < 4.78 is 5.44. The van der Waals surface area contributed by atoms with Gasteiger partial charge in [0.1, 0.15) is 12.3 Å². The maximum absolute atomic E-state index is 11.7. The molecule has 6 heteroatoms. The van der Waals surface area contributed by atoms with Crippen LogP contribution in [0.15, 0.2) is 42.9 Å². The summed E-state index contributed by atoms with van der Waals surface area (Å²) >= 11 is 0. The number of rotatable bonds is 8. The van der Waals surface area contributed by atoms with Crippen LogP contribution in [0.4, 0.5) is 0 Å². The molecule has 0 aliphatic heterocycles. The summed E-state index contributed by atoms with van der Waals surface area (Å²) in [6, 6.07) is 8.99. The van der Waals surface area contributed by atoms with Crippen molar-refractivity contribution in [3.8, 4) is 0 Å². The number of hydrogen-bond acceptors (Lipinski definition) is 4. The molecule has 1 amide bonds. The summed E-state index contributed by atoms with van der Waals surface area (Å²) in [5.74, 6) is -0.250. The third-order valence-electron chi connectivity index (χ3n) is 2.83. The van der Waals surface area contributed by atoms with E-state index in [9.17, 15) is 9.59 Å². The summed E-state index contributed by atoms with van der Waals surface area (Å²) in [5, 5.41) is 2.61. The van der Waals surface area contributed by atoms with E-state index in [2.05, 4.69) is 15.3 Å². The number of benzene rings is 1. The fourth-order valence-corrected chi connectivity index (χ4v) is 1.81. The molecule has 2 rings (SSSR count). The van der Waals surface area contributed by atoms with Crippen molar-refractivity contribution in [3.63, 3.8) is 0 Å². The first-order chi connectivity index (χ1) is 10.3. The Hall–Kier alpha value is -2.47. The number of hydrogen-bond donors (Lipinski definition) is 2. The molecular formula is C15H17N3O3. The molecule has 110 valence electrons. The summed E-state index contributed by atoms with van der Waals surface area (Å²) in [7, 11) is 0. The lowest BCUT2D eigenvalue weighted by atomic mass is 10.2. The first kappa shape index (κ1) is 14.9. The van der Waals surface area contributed by atoms with E-state index in [4.69, 9.17) is 4.74 Å². The van der Waals surface area contributed by atoms with Crippen LogP contribution in [-0.4, -0.2) is 34.8 Å². The van der Waals surface area contributed by atoms with E-state index in [1.165, 1.54) is 6.33 Å². The van der Waals surface area contributed by atoms with E-state index in [-0.39, 0.29) is 18.9 Å². The van der Waals surface area contributed by atoms with Gasteiger partial charge in [-0.1, -0.05) is 30.3 Å². The molecule has 6 nitrogen and oxygen atoms in total. The van der Waals surface area contributed by atoms with Crippen LogP contribution in [0, 0.1) is 0 Å². The molecule has 2 aromatic rings. The number of imidazole rings is 1. The monoisotopic (exact) mass is 287 g/mol. The SMILES string of the molecule is O=CC(COCc1ccccc1)NC(=O)Cc1cnc[nH]1. The molecule has 0 bridgehead atoms. The second-order valence-corrected chi connectivity index (χ2v) is 4.56. The minimum Gasteiger partial charge on any atom is -0.374 e. The highest BCUT2D eigenvalue weighted by molar-refractivity contribution is 5.81. The van der Waals surface area contributed by atoms with Crippen LogP contribution in [0.5, 0.6) is 0 Å². The van der Waals surface area contributed by atoms with E-state index in [1.54, 1.807) is 6.20 Å². The molecule has 1 unspecified atom stereocenters. The molecule has 1 heterocycles. The molecule has 0 saturated carbocycles. The van der Waals surface area contributed by atoms with Gasteiger partial charge in [-0.3, -0.25) is 4.79 Å². The number of aldehydes is 1. The Morgan fingerprint density at radius 2 is 2.19 bits per heavy atom. The lowest BCUT2D eigenvalue weighted by molar-refractivity contribution is -0.124. The summed E-state index contributed by atoms with van der Waals surface area (Å²) in [4.78, 5) is 29.4. The van der Waals surface area contributed by atoms with Gasteiger partial charge in [0, 0.05) is 11.9 Å². The van der Waals surface area contributed by atoms with Gasteiger partial charge in [-0.15, -0.1) is 0 Å². The number of aromatic amines is 1.